The lowest BCUT2D eigenvalue weighted by atomic mass is 10.1. The molecule has 1 atom stereocenters. The van der Waals surface area contributed by atoms with Gasteiger partial charge in [-0.05, 0) is 26.3 Å². The van der Waals surface area contributed by atoms with E-state index in [-0.39, 0.29) is 11.9 Å². The Morgan fingerprint density at radius 1 is 1.20 bits per heavy atom. The van der Waals surface area contributed by atoms with Crippen molar-refractivity contribution in [2.75, 3.05) is 11.9 Å². The van der Waals surface area contributed by atoms with Gasteiger partial charge in [-0.1, -0.05) is 30.3 Å². The van der Waals surface area contributed by atoms with Crippen LogP contribution in [0.3, 0.4) is 0 Å². The van der Waals surface area contributed by atoms with Crippen molar-refractivity contribution in [2.24, 2.45) is 0 Å². The molecule has 0 aliphatic heterocycles. The van der Waals surface area contributed by atoms with Gasteiger partial charge in [0.15, 0.2) is 5.82 Å². The van der Waals surface area contributed by atoms with Crippen LogP contribution in [-0.2, 0) is 4.79 Å². The fraction of sp³-hybridized carbons (Fsp3) is 0.316. The van der Waals surface area contributed by atoms with Crippen LogP contribution in [0.25, 0.3) is 22.4 Å². The molecular weight excluding hydrogens is 314 g/mol. The Morgan fingerprint density at radius 3 is 2.60 bits per heavy atom. The Bertz CT molecular complexity index is 901. The van der Waals surface area contributed by atoms with Crippen molar-refractivity contribution in [2.45, 2.75) is 33.7 Å². The SMILES string of the molecule is CC(=O)NC[C@@H](C)Nc1nc(-c2ccccc2)nc2[nH]c(C)c(C)c12. The lowest BCUT2D eigenvalue weighted by Crippen LogP contribution is -2.33. The number of amides is 1. The van der Waals surface area contributed by atoms with Crippen LogP contribution in [0.15, 0.2) is 30.3 Å². The molecule has 0 radical (unpaired) electrons. The highest BCUT2D eigenvalue weighted by Gasteiger charge is 2.16. The first kappa shape index (κ1) is 17.0. The lowest BCUT2D eigenvalue weighted by molar-refractivity contribution is -0.118. The topological polar surface area (TPSA) is 82.7 Å². The van der Waals surface area contributed by atoms with Crippen molar-refractivity contribution in [1.82, 2.24) is 20.3 Å². The van der Waals surface area contributed by atoms with E-state index in [1.54, 1.807) is 0 Å². The number of carbonyl (C=O) groups is 1. The normalized spacial score (nSPS) is 12.2. The third-order valence-electron chi connectivity index (χ3n) is 4.22. The number of carbonyl (C=O) groups excluding carboxylic acids is 1. The van der Waals surface area contributed by atoms with Crippen molar-refractivity contribution >= 4 is 22.8 Å². The Morgan fingerprint density at radius 2 is 1.92 bits per heavy atom. The number of aromatic amines is 1. The summed E-state index contributed by atoms with van der Waals surface area (Å²) in [5.74, 6) is 1.41. The van der Waals surface area contributed by atoms with Gasteiger partial charge in [0.1, 0.15) is 11.5 Å². The number of hydrogen-bond donors (Lipinski definition) is 3. The van der Waals surface area contributed by atoms with Crippen molar-refractivity contribution in [1.29, 1.82) is 0 Å². The maximum atomic E-state index is 11.1. The summed E-state index contributed by atoms with van der Waals surface area (Å²) in [6, 6.07) is 9.95. The molecule has 0 saturated carbocycles. The number of nitrogens with one attached hydrogen (secondary N) is 3. The molecule has 0 unspecified atom stereocenters. The minimum Gasteiger partial charge on any atom is -0.365 e. The zero-order chi connectivity index (χ0) is 18.0. The second kappa shape index (κ2) is 6.93. The average Bonchev–Trinajstić information content (AvgIpc) is 2.88. The monoisotopic (exact) mass is 337 g/mol. The van der Waals surface area contributed by atoms with Gasteiger partial charge >= 0.3 is 0 Å². The van der Waals surface area contributed by atoms with Gasteiger partial charge in [0, 0.05) is 30.8 Å². The maximum absolute atomic E-state index is 11.1. The summed E-state index contributed by atoms with van der Waals surface area (Å²) in [5.41, 5.74) is 3.99. The number of aryl methyl sites for hydroxylation is 2. The minimum atomic E-state index is -0.0415. The first-order valence-corrected chi connectivity index (χ1v) is 8.39. The standard InChI is InChI=1S/C19H23N5O/c1-11(10-20-14(4)25)21-18-16-12(2)13(3)22-19(16)24-17(23-18)15-8-6-5-7-9-15/h5-9,11H,10H2,1-4H3,(H,20,25)(H2,21,22,23,24)/t11-/m1/s1. The number of hydrogen-bond acceptors (Lipinski definition) is 4. The van der Waals surface area contributed by atoms with Gasteiger partial charge in [-0.15, -0.1) is 0 Å². The zero-order valence-corrected chi connectivity index (χ0v) is 15.0. The molecule has 1 amide bonds. The van der Waals surface area contributed by atoms with E-state index in [4.69, 9.17) is 9.97 Å². The molecule has 25 heavy (non-hydrogen) atoms. The molecule has 2 heterocycles. The maximum Gasteiger partial charge on any atom is 0.216 e. The smallest absolute Gasteiger partial charge is 0.216 e. The Labute approximate surface area is 147 Å². The molecule has 0 spiro atoms. The third kappa shape index (κ3) is 3.63. The predicted octanol–water partition coefficient (Wildman–Crippen LogP) is 3.18. The number of fused-ring (bicyclic) bond motifs is 1. The van der Waals surface area contributed by atoms with Crippen LogP contribution in [-0.4, -0.2) is 33.4 Å². The first-order valence-electron chi connectivity index (χ1n) is 8.39. The Balaban J connectivity index is 2.03. The van der Waals surface area contributed by atoms with Gasteiger partial charge in [0.2, 0.25) is 5.91 Å². The van der Waals surface area contributed by atoms with Crippen LogP contribution in [0.5, 0.6) is 0 Å². The fourth-order valence-electron chi connectivity index (χ4n) is 2.77. The highest BCUT2D eigenvalue weighted by Crippen LogP contribution is 2.29. The molecule has 3 N–H and O–H groups in total. The first-order chi connectivity index (χ1) is 12.0. The number of aromatic nitrogens is 3. The van der Waals surface area contributed by atoms with Gasteiger partial charge in [-0.25, -0.2) is 9.97 Å². The predicted molar refractivity (Wildman–Crippen MR) is 101 cm³/mol. The van der Waals surface area contributed by atoms with Crippen molar-refractivity contribution in [3.63, 3.8) is 0 Å². The Kier molecular flexibility index (Phi) is 4.70. The van der Waals surface area contributed by atoms with E-state index in [1.165, 1.54) is 6.92 Å². The van der Waals surface area contributed by atoms with E-state index in [2.05, 4.69) is 22.5 Å². The second-order valence-corrected chi connectivity index (χ2v) is 6.34. The van der Waals surface area contributed by atoms with Gasteiger partial charge in [0.05, 0.1) is 5.39 Å². The van der Waals surface area contributed by atoms with Gasteiger partial charge in [-0.2, -0.15) is 0 Å². The van der Waals surface area contributed by atoms with Crippen molar-refractivity contribution in [3.05, 3.63) is 41.6 Å². The molecular formula is C19H23N5O. The van der Waals surface area contributed by atoms with E-state index in [1.807, 2.05) is 44.2 Å². The number of H-pyrrole nitrogens is 1. The fourth-order valence-corrected chi connectivity index (χ4v) is 2.77. The van der Waals surface area contributed by atoms with E-state index < -0.39 is 0 Å². The second-order valence-electron chi connectivity index (χ2n) is 6.34. The summed E-state index contributed by atoms with van der Waals surface area (Å²) in [4.78, 5) is 23.9. The molecule has 0 aliphatic rings. The van der Waals surface area contributed by atoms with Crippen molar-refractivity contribution in [3.8, 4) is 11.4 Å². The molecule has 3 aromatic rings. The van der Waals surface area contributed by atoms with Crippen LogP contribution in [0, 0.1) is 13.8 Å². The summed E-state index contributed by atoms with van der Waals surface area (Å²) in [6.07, 6.45) is 0. The highest BCUT2D eigenvalue weighted by atomic mass is 16.1. The summed E-state index contributed by atoms with van der Waals surface area (Å²) in [7, 11) is 0. The van der Waals surface area contributed by atoms with Crippen LogP contribution >= 0.6 is 0 Å². The summed E-state index contributed by atoms with van der Waals surface area (Å²) in [6.45, 7) is 8.15. The molecule has 6 nitrogen and oxygen atoms in total. The molecule has 2 aromatic heterocycles. The Hall–Kier alpha value is -2.89. The molecule has 6 heteroatoms. The van der Waals surface area contributed by atoms with Gasteiger partial charge < -0.3 is 15.6 Å². The number of rotatable bonds is 5. The molecule has 3 rings (SSSR count). The number of nitrogens with zero attached hydrogens (tertiary/aromatic N) is 2. The van der Waals surface area contributed by atoms with Crippen molar-refractivity contribution < 1.29 is 4.79 Å². The van der Waals surface area contributed by atoms with E-state index in [0.29, 0.717) is 12.4 Å². The van der Waals surface area contributed by atoms with Gasteiger partial charge in [0.25, 0.3) is 0 Å². The van der Waals surface area contributed by atoms with E-state index in [0.717, 1.165) is 33.7 Å². The summed E-state index contributed by atoms with van der Waals surface area (Å²) >= 11 is 0. The van der Waals surface area contributed by atoms with Gasteiger partial charge in [-0.3, -0.25) is 4.79 Å². The molecule has 0 bridgehead atoms. The molecule has 0 aliphatic carbocycles. The number of benzene rings is 1. The molecule has 0 fully saturated rings. The van der Waals surface area contributed by atoms with E-state index >= 15 is 0 Å². The third-order valence-corrected chi connectivity index (χ3v) is 4.22. The average molecular weight is 337 g/mol. The van der Waals surface area contributed by atoms with E-state index in [9.17, 15) is 4.79 Å². The highest BCUT2D eigenvalue weighted by molar-refractivity contribution is 5.92. The zero-order valence-electron chi connectivity index (χ0n) is 15.0. The lowest BCUT2D eigenvalue weighted by Gasteiger charge is -2.16. The van der Waals surface area contributed by atoms with Crippen LogP contribution in [0.2, 0.25) is 0 Å². The minimum absolute atomic E-state index is 0.0415. The molecule has 1 aromatic carbocycles. The molecule has 130 valence electrons. The van der Waals surface area contributed by atoms with Crippen LogP contribution in [0.4, 0.5) is 5.82 Å². The number of anilines is 1. The van der Waals surface area contributed by atoms with Crippen LogP contribution < -0.4 is 10.6 Å². The largest absolute Gasteiger partial charge is 0.365 e. The summed E-state index contributed by atoms with van der Waals surface area (Å²) in [5, 5.41) is 7.24. The quantitative estimate of drug-likeness (QED) is 0.668. The molecule has 0 saturated heterocycles. The summed E-state index contributed by atoms with van der Waals surface area (Å²) < 4.78 is 0. The van der Waals surface area contributed by atoms with Crippen LogP contribution in [0.1, 0.15) is 25.1 Å².